The number of nitrogens with two attached hydrogens (primary N) is 2. The van der Waals surface area contributed by atoms with Crippen molar-refractivity contribution < 1.29 is 5.11 Å². The van der Waals surface area contributed by atoms with Gasteiger partial charge in [0, 0.05) is 24.8 Å². The molecule has 31 heavy (non-hydrogen) atoms. The molecule has 1 aromatic carbocycles. The average Bonchev–Trinajstić information content (AvgIpc) is 2.79. The molecule has 3 saturated heterocycles. The van der Waals surface area contributed by atoms with Gasteiger partial charge in [-0.3, -0.25) is 0 Å². The lowest BCUT2D eigenvalue weighted by Gasteiger charge is -2.57. The van der Waals surface area contributed by atoms with Gasteiger partial charge in [0.25, 0.3) is 0 Å². The van der Waals surface area contributed by atoms with Crippen molar-refractivity contribution in [2.75, 3.05) is 35.2 Å². The van der Waals surface area contributed by atoms with Crippen LogP contribution >= 0.6 is 0 Å². The molecular weight excluding hydrogens is 392 g/mol. The van der Waals surface area contributed by atoms with Crippen LogP contribution in [0.25, 0.3) is 11.3 Å². The first-order chi connectivity index (χ1) is 15.1. The minimum atomic E-state index is 0.164. The Kier molecular flexibility index (Phi) is 4.76. The van der Waals surface area contributed by atoms with E-state index in [0.29, 0.717) is 35.0 Å². The maximum Gasteiger partial charge on any atom is 0.206 e. The minimum absolute atomic E-state index is 0.164. The van der Waals surface area contributed by atoms with Gasteiger partial charge in [-0.1, -0.05) is 18.1 Å². The summed E-state index contributed by atoms with van der Waals surface area (Å²) >= 11 is 0. The highest BCUT2D eigenvalue weighted by atomic mass is 16.3. The number of fused-ring (bicyclic) bond motifs is 2. The number of nitrogens with zero attached hydrogens (tertiary/aromatic N) is 6. The van der Waals surface area contributed by atoms with Gasteiger partial charge < -0.3 is 26.4 Å². The number of nitrogen functional groups attached to an aromatic ring is 1. The SMILES string of the molecule is NCC#Cc1nccc(N2C3CC2CN(c2cc(-c4ccccc4O)nnc2N)C3)n1. The van der Waals surface area contributed by atoms with Crippen molar-refractivity contribution in [3.8, 4) is 28.8 Å². The monoisotopic (exact) mass is 414 g/mol. The Bertz CT molecular complexity index is 1180. The Morgan fingerprint density at radius 2 is 1.94 bits per heavy atom. The van der Waals surface area contributed by atoms with Crippen molar-refractivity contribution in [1.82, 2.24) is 20.2 Å². The topological polar surface area (TPSA) is 130 Å². The molecule has 3 aliphatic heterocycles. The number of aromatic hydroxyl groups is 1. The van der Waals surface area contributed by atoms with Crippen LogP contribution in [-0.4, -0.2) is 57.0 Å². The van der Waals surface area contributed by atoms with Crippen molar-refractivity contribution in [2.45, 2.75) is 18.5 Å². The second-order valence-electron chi connectivity index (χ2n) is 7.62. The molecular formula is C22H22N8O. The van der Waals surface area contributed by atoms with Crippen molar-refractivity contribution in [2.24, 2.45) is 5.73 Å². The Morgan fingerprint density at radius 1 is 1.13 bits per heavy atom. The van der Waals surface area contributed by atoms with E-state index in [1.807, 2.05) is 24.3 Å². The number of benzene rings is 1. The first kappa shape index (κ1) is 19.1. The summed E-state index contributed by atoms with van der Waals surface area (Å²) in [5.41, 5.74) is 13.7. The first-order valence-corrected chi connectivity index (χ1v) is 10.1. The first-order valence-electron chi connectivity index (χ1n) is 10.1. The fraction of sp³-hybridized carbons (Fsp3) is 0.273. The quantitative estimate of drug-likeness (QED) is 0.537. The second kappa shape index (κ2) is 7.74. The minimum Gasteiger partial charge on any atom is -0.507 e. The van der Waals surface area contributed by atoms with E-state index in [-0.39, 0.29) is 12.3 Å². The summed E-state index contributed by atoms with van der Waals surface area (Å²) in [7, 11) is 0. The van der Waals surface area contributed by atoms with Gasteiger partial charge in [0.1, 0.15) is 11.6 Å². The summed E-state index contributed by atoms with van der Waals surface area (Å²) in [5.74, 6) is 7.61. The predicted octanol–water partition coefficient (Wildman–Crippen LogP) is 0.999. The van der Waals surface area contributed by atoms with E-state index in [1.54, 1.807) is 18.3 Å². The highest BCUT2D eigenvalue weighted by Gasteiger charge is 2.45. The largest absolute Gasteiger partial charge is 0.507 e. The fourth-order valence-corrected chi connectivity index (χ4v) is 4.33. The van der Waals surface area contributed by atoms with E-state index in [9.17, 15) is 5.11 Å². The summed E-state index contributed by atoms with van der Waals surface area (Å²) in [5, 5.41) is 18.5. The highest BCUT2D eigenvalue weighted by molar-refractivity contribution is 5.74. The summed E-state index contributed by atoms with van der Waals surface area (Å²) in [6.45, 7) is 1.86. The van der Waals surface area contributed by atoms with Gasteiger partial charge in [0.2, 0.25) is 5.82 Å². The number of aromatic nitrogens is 4. The third kappa shape index (κ3) is 3.47. The van der Waals surface area contributed by atoms with E-state index >= 15 is 0 Å². The third-order valence-electron chi connectivity index (χ3n) is 5.72. The number of phenolic OH excluding ortho intramolecular Hbond substituents is 1. The Balaban J connectivity index is 1.38. The number of hydrogen-bond acceptors (Lipinski definition) is 9. The van der Waals surface area contributed by atoms with E-state index in [4.69, 9.17) is 11.5 Å². The summed E-state index contributed by atoms with van der Waals surface area (Å²) in [4.78, 5) is 13.3. The molecule has 3 aliphatic rings. The molecule has 5 heterocycles. The summed E-state index contributed by atoms with van der Waals surface area (Å²) < 4.78 is 0. The normalized spacial score (nSPS) is 19.4. The molecule has 9 heteroatoms. The molecule has 2 unspecified atom stereocenters. The van der Waals surface area contributed by atoms with Gasteiger partial charge in [-0.15, -0.1) is 10.2 Å². The smallest absolute Gasteiger partial charge is 0.206 e. The van der Waals surface area contributed by atoms with Gasteiger partial charge in [-0.05, 0) is 36.6 Å². The maximum atomic E-state index is 10.2. The van der Waals surface area contributed by atoms with Crippen molar-refractivity contribution in [3.63, 3.8) is 0 Å². The lowest BCUT2D eigenvalue weighted by molar-refractivity contribution is 0.289. The average molecular weight is 414 g/mol. The van der Waals surface area contributed by atoms with Gasteiger partial charge in [-0.25, -0.2) is 9.97 Å². The van der Waals surface area contributed by atoms with Gasteiger partial charge in [-0.2, -0.15) is 0 Å². The number of rotatable bonds is 3. The van der Waals surface area contributed by atoms with Gasteiger partial charge in [0.15, 0.2) is 5.82 Å². The molecule has 3 fully saturated rings. The maximum absolute atomic E-state index is 10.2. The zero-order valence-corrected chi connectivity index (χ0v) is 16.8. The van der Waals surface area contributed by atoms with Crippen LogP contribution in [0.2, 0.25) is 0 Å². The second-order valence-corrected chi connectivity index (χ2v) is 7.62. The van der Waals surface area contributed by atoms with Gasteiger partial charge >= 0.3 is 0 Å². The van der Waals surface area contributed by atoms with Gasteiger partial charge in [0.05, 0.1) is 30.0 Å². The molecule has 9 nitrogen and oxygen atoms in total. The molecule has 0 aliphatic carbocycles. The Labute approximate surface area is 179 Å². The van der Waals surface area contributed by atoms with Crippen LogP contribution in [0.3, 0.4) is 0 Å². The number of piperazine rings is 1. The van der Waals surface area contributed by atoms with Crippen molar-refractivity contribution >= 4 is 17.3 Å². The Morgan fingerprint density at radius 3 is 2.71 bits per heavy atom. The molecule has 0 saturated carbocycles. The molecule has 2 atom stereocenters. The standard InChI is InChI=1S/C22H22N8O/c23-8-3-6-20-25-9-7-21(26-20)30-14-10-15(30)13-29(12-14)18-11-17(27-28-22(18)24)16-4-1-2-5-19(16)31/h1-2,4-5,7,9,11,14-15,31H,8,10,12-13,23H2,(H2,24,28). The molecule has 0 amide bonds. The highest BCUT2D eigenvalue weighted by Crippen LogP contribution is 2.39. The molecule has 6 rings (SSSR count). The van der Waals surface area contributed by atoms with Crippen LogP contribution in [0.15, 0.2) is 42.6 Å². The van der Waals surface area contributed by atoms with Crippen molar-refractivity contribution in [3.05, 3.63) is 48.4 Å². The lowest BCUT2D eigenvalue weighted by Crippen LogP contribution is -2.69. The predicted molar refractivity (Wildman–Crippen MR) is 118 cm³/mol. The van der Waals surface area contributed by atoms with E-state index in [2.05, 4.69) is 41.8 Å². The summed E-state index contributed by atoms with van der Waals surface area (Å²) in [6, 6.07) is 11.5. The van der Waals surface area contributed by atoms with Crippen LogP contribution < -0.4 is 21.3 Å². The number of phenols is 1. The van der Waals surface area contributed by atoms with Crippen LogP contribution in [0.1, 0.15) is 12.2 Å². The molecule has 156 valence electrons. The van der Waals surface area contributed by atoms with E-state index in [1.165, 1.54) is 0 Å². The van der Waals surface area contributed by atoms with Crippen LogP contribution in [0.5, 0.6) is 5.75 Å². The number of anilines is 3. The lowest BCUT2D eigenvalue weighted by atomic mass is 9.87. The fourth-order valence-electron chi connectivity index (χ4n) is 4.33. The summed E-state index contributed by atoms with van der Waals surface area (Å²) in [6.07, 6.45) is 2.83. The van der Waals surface area contributed by atoms with Crippen molar-refractivity contribution in [1.29, 1.82) is 0 Å². The number of hydrogen-bond donors (Lipinski definition) is 3. The molecule has 0 radical (unpaired) electrons. The molecule has 5 N–H and O–H groups in total. The Hall–Kier alpha value is -3.90. The van der Waals surface area contributed by atoms with Crippen LogP contribution in [0, 0.1) is 11.8 Å². The number of piperidine rings is 1. The molecule has 2 aromatic heterocycles. The molecule has 2 bridgehead atoms. The van der Waals surface area contributed by atoms with Crippen LogP contribution in [0.4, 0.5) is 17.3 Å². The van der Waals surface area contributed by atoms with E-state index < -0.39 is 0 Å². The van der Waals surface area contributed by atoms with E-state index in [0.717, 1.165) is 31.0 Å². The molecule has 0 spiro atoms. The zero-order chi connectivity index (χ0) is 21.4. The third-order valence-corrected chi connectivity index (χ3v) is 5.72. The zero-order valence-electron chi connectivity index (χ0n) is 16.8. The van der Waals surface area contributed by atoms with Crippen LogP contribution in [-0.2, 0) is 0 Å². The number of para-hydroxylation sites is 1. The molecule has 3 aromatic rings.